The maximum absolute atomic E-state index is 12.3. The van der Waals surface area contributed by atoms with E-state index in [0.29, 0.717) is 12.2 Å². The van der Waals surface area contributed by atoms with Crippen molar-refractivity contribution >= 4 is 5.65 Å². The molecule has 1 unspecified atom stereocenters. The second kappa shape index (κ2) is 5.48. The van der Waals surface area contributed by atoms with Crippen LogP contribution in [0.1, 0.15) is 32.0 Å². The highest BCUT2D eigenvalue weighted by atomic mass is 16.5. The molecule has 1 fully saturated rings. The maximum Gasteiger partial charge on any atom is 0.258 e. The Kier molecular flexibility index (Phi) is 3.78. The van der Waals surface area contributed by atoms with Crippen LogP contribution in [0.3, 0.4) is 0 Å². The van der Waals surface area contributed by atoms with Crippen LogP contribution in [0.25, 0.3) is 5.65 Å². The van der Waals surface area contributed by atoms with Gasteiger partial charge < -0.3 is 4.74 Å². The van der Waals surface area contributed by atoms with Gasteiger partial charge in [-0.3, -0.25) is 14.1 Å². The van der Waals surface area contributed by atoms with Gasteiger partial charge in [-0.2, -0.15) is 0 Å². The van der Waals surface area contributed by atoms with Crippen LogP contribution >= 0.6 is 0 Å². The predicted octanol–water partition coefficient (Wildman–Crippen LogP) is 2.00. The van der Waals surface area contributed by atoms with Gasteiger partial charge in [0, 0.05) is 31.9 Å². The second-order valence-electron chi connectivity index (χ2n) is 6.88. The van der Waals surface area contributed by atoms with E-state index in [1.165, 1.54) is 0 Å². The van der Waals surface area contributed by atoms with Crippen LogP contribution in [0, 0.1) is 6.92 Å². The summed E-state index contributed by atoms with van der Waals surface area (Å²) in [7, 11) is 0. The molecule has 5 heteroatoms. The van der Waals surface area contributed by atoms with E-state index in [1.54, 1.807) is 10.5 Å². The molecule has 22 heavy (non-hydrogen) atoms. The van der Waals surface area contributed by atoms with Gasteiger partial charge in [0.25, 0.3) is 5.56 Å². The summed E-state index contributed by atoms with van der Waals surface area (Å²) < 4.78 is 7.52. The number of ether oxygens (including phenoxy) is 1. The van der Waals surface area contributed by atoms with E-state index in [-0.39, 0.29) is 17.3 Å². The minimum absolute atomic E-state index is 0.0238. The molecule has 1 saturated heterocycles. The summed E-state index contributed by atoms with van der Waals surface area (Å²) in [5, 5.41) is 0. The van der Waals surface area contributed by atoms with Crippen molar-refractivity contribution in [3.8, 4) is 0 Å². The van der Waals surface area contributed by atoms with Gasteiger partial charge in [0.15, 0.2) is 0 Å². The standard InChI is InChI=1S/C17H23N3O2/c1-12-5-6-15-18-14(7-16(21)20(15)8-12)10-19-9-13(2)22-17(3,4)11-19/h5-8,13H,9-11H2,1-4H3. The van der Waals surface area contributed by atoms with E-state index in [2.05, 4.69) is 30.7 Å². The summed E-state index contributed by atoms with van der Waals surface area (Å²) in [6.45, 7) is 10.6. The molecule has 5 nitrogen and oxygen atoms in total. The molecule has 1 aliphatic heterocycles. The van der Waals surface area contributed by atoms with Crippen LogP contribution in [-0.2, 0) is 11.3 Å². The Morgan fingerprint density at radius 1 is 1.41 bits per heavy atom. The van der Waals surface area contributed by atoms with Crippen molar-refractivity contribution in [1.82, 2.24) is 14.3 Å². The monoisotopic (exact) mass is 301 g/mol. The summed E-state index contributed by atoms with van der Waals surface area (Å²) in [6, 6.07) is 5.51. The van der Waals surface area contributed by atoms with E-state index in [4.69, 9.17) is 4.74 Å². The zero-order valence-electron chi connectivity index (χ0n) is 13.7. The molecule has 0 N–H and O–H groups in total. The van der Waals surface area contributed by atoms with Crippen LogP contribution in [0.2, 0.25) is 0 Å². The van der Waals surface area contributed by atoms with Gasteiger partial charge in [0.05, 0.1) is 17.4 Å². The summed E-state index contributed by atoms with van der Waals surface area (Å²) in [4.78, 5) is 19.2. The number of aryl methyl sites for hydroxylation is 1. The van der Waals surface area contributed by atoms with Gasteiger partial charge in [-0.25, -0.2) is 4.98 Å². The fourth-order valence-corrected chi connectivity index (χ4v) is 3.27. The van der Waals surface area contributed by atoms with Crippen molar-refractivity contribution in [2.75, 3.05) is 13.1 Å². The van der Waals surface area contributed by atoms with Gasteiger partial charge in [-0.1, -0.05) is 6.07 Å². The van der Waals surface area contributed by atoms with E-state index < -0.39 is 0 Å². The van der Waals surface area contributed by atoms with E-state index >= 15 is 0 Å². The third kappa shape index (κ3) is 3.20. The molecule has 0 aliphatic carbocycles. The van der Waals surface area contributed by atoms with Crippen LogP contribution in [0.5, 0.6) is 0 Å². The molecule has 0 amide bonds. The topological polar surface area (TPSA) is 46.8 Å². The normalized spacial score (nSPS) is 22.1. The fourth-order valence-electron chi connectivity index (χ4n) is 3.27. The quantitative estimate of drug-likeness (QED) is 0.851. The van der Waals surface area contributed by atoms with Crippen LogP contribution in [-0.4, -0.2) is 39.1 Å². The summed E-state index contributed by atoms with van der Waals surface area (Å²) in [5.41, 5.74) is 2.38. The molecule has 0 radical (unpaired) electrons. The minimum Gasteiger partial charge on any atom is -0.370 e. The van der Waals surface area contributed by atoms with Gasteiger partial charge in [0.2, 0.25) is 0 Å². The molecular formula is C17H23N3O2. The molecular weight excluding hydrogens is 278 g/mol. The van der Waals surface area contributed by atoms with E-state index in [1.807, 2.05) is 25.3 Å². The zero-order chi connectivity index (χ0) is 15.9. The number of aromatic nitrogens is 2. The average molecular weight is 301 g/mol. The number of nitrogens with zero attached hydrogens (tertiary/aromatic N) is 3. The van der Waals surface area contributed by atoms with Crippen molar-refractivity contribution in [2.24, 2.45) is 0 Å². The Morgan fingerprint density at radius 2 is 2.18 bits per heavy atom. The maximum atomic E-state index is 12.3. The van der Waals surface area contributed by atoms with E-state index in [0.717, 1.165) is 24.3 Å². The first-order valence-electron chi connectivity index (χ1n) is 7.71. The first-order chi connectivity index (χ1) is 10.3. The summed E-state index contributed by atoms with van der Waals surface area (Å²) in [6.07, 6.45) is 2.02. The summed E-state index contributed by atoms with van der Waals surface area (Å²) in [5.74, 6) is 0. The fraction of sp³-hybridized carbons (Fsp3) is 0.529. The Balaban J connectivity index is 1.88. The lowest BCUT2D eigenvalue weighted by Gasteiger charge is -2.41. The molecule has 0 aromatic carbocycles. The molecule has 1 atom stereocenters. The smallest absolute Gasteiger partial charge is 0.258 e. The van der Waals surface area contributed by atoms with Crippen molar-refractivity contribution in [2.45, 2.75) is 45.9 Å². The Bertz CT molecular complexity index is 751. The lowest BCUT2D eigenvalue weighted by atomic mass is 10.1. The van der Waals surface area contributed by atoms with Crippen LogP contribution in [0.4, 0.5) is 0 Å². The van der Waals surface area contributed by atoms with Gasteiger partial charge >= 0.3 is 0 Å². The number of pyridine rings is 1. The number of hydrogen-bond donors (Lipinski definition) is 0. The minimum atomic E-state index is -0.166. The van der Waals surface area contributed by atoms with Crippen molar-refractivity contribution in [3.05, 3.63) is 46.0 Å². The molecule has 0 bridgehead atoms. The van der Waals surface area contributed by atoms with Crippen molar-refractivity contribution < 1.29 is 4.74 Å². The SMILES string of the molecule is Cc1ccc2nc(CN3CC(C)OC(C)(C)C3)cc(=O)n2c1. The molecule has 0 spiro atoms. The van der Waals surface area contributed by atoms with Gasteiger partial charge in [-0.15, -0.1) is 0 Å². The third-order valence-electron chi connectivity index (χ3n) is 3.89. The Hall–Kier alpha value is -1.72. The molecule has 3 rings (SSSR count). The Labute approximate surface area is 130 Å². The molecule has 2 aromatic rings. The van der Waals surface area contributed by atoms with E-state index in [9.17, 15) is 4.79 Å². The highest BCUT2D eigenvalue weighted by Gasteiger charge is 2.31. The lowest BCUT2D eigenvalue weighted by Crippen LogP contribution is -2.51. The first kappa shape index (κ1) is 15.2. The third-order valence-corrected chi connectivity index (χ3v) is 3.89. The molecule has 0 saturated carbocycles. The lowest BCUT2D eigenvalue weighted by molar-refractivity contribution is -0.130. The van der Waals surface area contributed by atoms with Crippen LogP contribution < -0.4 is 5.56 Å². The van der Waals surface area contributed by atoms with Crippen molar-refractivity contribution in [3.63, 3.8) is 0 Å². The molecule has 1 aliphatic rings. The largest absolute Gasteiger partial charge is 0.370 e. The first-order valence-corrected chi connectivity index (χ1v) is 7.71. The van der Waals surface area contributed by atoms with Gasteiger partial charge in [-0.05, 0) is 39.3 Å². The number of hydrogen-bond acceptors (Lipinski definition) is 4. The zero-order valence-corrected chi connectivity index (χ0v) is 13.7. The van der Waals surface area contributed by atoms with Crippen molar-refractivity contribution in [1.29, 1.82) is 0 Å². The summed E-state index contributed by atoms with van der Waals surface area (Å²) >= 11 is 0. The second-order valence-corrected chi connectivity index (χ2v) is 6.88. The highest BCUT2D eigenvalue weighted by molar-refractivity contribution is 5.39. The van der Waals surface area contributed by atoms with Crippen LogP contribution in [0.15, 0.2) is 29.2 Å². The average Bonchev–Trinajstić information content (AvgIpc) is 2.37. The molecule has 118 valence electrons. The Morgan fingerprint density at radius 3 is 2.91 bits per heavy atom. The number of rotatable bonds is 2. The molecule has 2 aromatic heterocycles. The number of fused-ring (bicyclic) bond motifs is 1. The van der Waals surface area contributed by atoms with Gasteiger partial charge in [0.1, 0.15) is 5.65 Å². The predicted molar refractivity (Wildman–Crippen MR) is 86.1 cm³/mol. The highest BCUT2D eigenvalue weighted by Crippen LogP contribution is 2.21. The molecule has 3 heterocycles. The number of morpholine rings is 1.